The van der Waals surface area contributed by atoms with Crippen molar-refractivity contribution >= 4 is 0 Å². The zero-order valence-corrected chi connectivity index (χ0v) is 10.8. The van der Waals surface area contributed by atoms with Gasteiger partial charge < -0.3 is 4.90 Å². The van der Waals surface area contributed by atoms with Crippen molar-refractivity contribution in [2.45, 2.75) is 78.3 Å². The van der Waals surface area contributed by atoms with Crippen LogP contribution in [-0.2, 0) is 0 Å². The van der Waals surface area contributed by atoms with Crippen LogP contribution in [0.4, 0.5) is 0 Å². The van der Waals surface area contributed by atoms with Crippen LogP contribution in [0.15, 0.2) is 0 Å². The Morgan fingerprint density at radius 1 is 0.714 bits per heavy atom. The number of nitrogens with zero attached hydrogens (tertiary/aromatic N) is 1. The lowest BCUT2D eigenvalue weighted by Gasteiger charge is -2.43. The highest BCUT2D eigenvalue weighted by molar-refractivity contribution is 4.86. The van der Waals surface area contributed by atoms with E-state index in [2.05, 4.69) is 11.9 Å². The van der Waals surface area contributed by atoms with Gasteiger partial charge in [-0.25, -0.2) is 0 Å². The molecule has 0 N–H and O–H groups in total. The van der Waals surface area contributed by atoms with Gasteiger partial charge >= 0.3 is 0 Å². The van der Waals surface area contributed by atoms with Gasteiger partial charge in [-0.05, 0) is 32.7 Å². The van der Waals surface area contributed by atoms with Crippen molar-refractivity contribution in [1.82, 2.24) is 4.90 Å². The van der Waals surface area contributed by atoms with Crippen molar-refractivity contribution in [3.05, 3.63) is 0 Å². The number of hydrogen-bond donors (Lipinski definition) is 0. The Morgan fingerprint density at radius 3 is 1.21 bits per heavy atom. The topological polar surface area (TPSA) is 3.24 Å². The third-order valence-electron chi connectivity index (χ3n) is 3.30. The molecule has 2 aliphatic rings. The summed E-state index contributed by atoms with van der Waals surface area (Å²) in [5, 5.41) is 0. The van der Waals surface area contributed by atoms with E-state index in [1.807, 2.05) is 27.7 Å². The normalized spacial score (nSPS) is 30.6. The van der Waals surface area contributed by atoms with E-state index < -0.39 is 0 Å². The Hall–Kier alpha value is -0.0400. The minimum Gasteiger partial charge on any atom is -0.300 e. The molecule has 1 heteroatoms. The zero-order valence-electron chi connectivity index (χ0n) is 10.8. The molecule has 86 valence electrons. The highest BCUT2D eigenvalue weighted by Crippen LogP contribution is 2.31. The molecule has 2 rings (SSSR count). The molecule has 2 aliphatic heterocycles. The Labute approximate surface area is 90.9 Å². The van der Waals surface area contributed by atoms with Crippen molar-refractivity contribution in [3.8, 4) is 0 Å². The molecule has 0 radical (unpaired) electrons. The second-order valence-corrected chi connectivity index (χ2v) is 3.83. The van der Waals surface area contributed by atoms with Crippen LogP contribution in [0.1, 0.15) is 66.2 Å². The molecule has 1 nitrogen and oxygen atoms in total. The molecule has 2 saturated heterocycles. The van der Waals surface area contributed by atoms with E-state index in [9.17, 15) is 0 Å². The lowest BCUT2D eigenvalue weighted by atomic mass is 9.85. The maximum absolute atomic E-state index is 2.62. The van der Waals surface area contributed by atoms with Crippen molar-refractivity contribution in [1.29, 1.82) is 0 Å². The summed E-state index contributed by atoms with van der Waals surface area (Å²) < 4.78 is 0. The van der Waals surface area contributed by atoms with Crippen LogP contribution in [0.25, 0.3) is 0 Å². The van der Waals surface area contributed by atoms with Crippen molar-refractivity contribution in [2.24, 2.45) is 0 Å². The first kappa shape index (κ1) is 14.0. The van der Waals surface area contributed by atoms with Gasteiger partial charge in [-0.15, -0.1) is 0 Å². The number of hydrogen-bond acceptors (Lipinski definition) is 1. The first-order valence-electron chi connectivity index (χ1n) is 6.60. The molecular weight excluding hydrogens is 170 g/mol. The van der Waals surface area contributed by atoms with Gasteiger partial charge in [-0.1, -0.05) is 40.5 Å². The average molecular weight is 199 g/mol. The van der Waals surface area contributed by atoms with Crippen LogP contribution >= 0.6 is 0 Å². The predicted molar refractivity (Wildman–Crippen MR) is 65.7 cm³/mol. The maximum atomic E-state index is 2.62. The van der Waals surface area contributed by atoms with Crippen LogP contribution < -0.4 is 0 Å². The fourth-order valence-corrected chi connectivity index (χ4v) is 2.58. The molecule has 2 heterocycles. The Kier molecular flexibility index (Phi) is 8.26. The predicted octanol–water partition coefficient (Wildman–Crippen LogP) is 4.08. The molecular formula is C13H29N. The van der Waals surface area contributed by atoms with Crippen LogP contribution in [0.2, 0.25) is 0 Å². The monoisotopic (exact) mass is 199 g/mol. The maximum Gasteiger partial charge on any atom is 0.00951 e. The SMILES string of the molecule is CC.CC.CN1C2CCCC1CCC2. The summed E-state index contributed by atoms with van der Waals surface area (Å²) in [6.45, 7) is 8.00. The minimum atomic E-state index is 0.951. The number of piperidine rings is 2. The highest BCUT2D eigenvalue weighted by Gasteiger charge is 2.30. The Balaban J connectivity index is 0.000000379. The summed E-state index contributed by atoms with van der Waals surface area (Å²) in [6.07, 6.45) is 8.83. The molecule has 0 spiro atoms. The van der Waals surface area contributed by atoms with Gasteiger partial charge in [0, 0.05) is 12.1 Å². The Bertz CT molecular complexity index is 100. The summed E-state index contributed by atoms with van der Waals surface area (Å²) in [4.78, 5) is 2.62. The lowest BCUT2D eigenvalue weighted by Crippen LogP contribution is -2.46. The summed E-state index contributed by atoms with van der Waals surface area (Å²) in [5.74, 6) is 0. The van der Waals surface area contributed by atoms with Crippen molar-refractivity contribution < 1.29 is 0 Å². The van der Waals surface area contributed by atoms with Gasteiger partial charge in [0.05, 0.1) is 0 Å². The number of rotatable bonds is 0. The van der Waals surface area contributed by atoms with Crippen LogP contribution in [0.5, 0.6) is 0 Å². The average Bonchev–Trinajstić information content (AvgIpc) is 2.23. The molecule has 2 bridgehead atoms. The van der Waals surface area contributed by atoms with E-state index in [1.165, 1.54) is 38.5 Å². The molecule has 2 fully saturated rings. The molecule has 0 aromatic rings. The fourth-order valence-electron chi connectivity index (χ4n) is 2.58. The van der Waals surface area contributed by atoms with Gasteiger partial charge in [0.25, 0.3) is 0 Å². The van der Waals surface area contributed by atoms with E-state index in [1.54, 1.807) is 0 Å². The quantitative estimate of drug-likeness (QED) is 0.568. The van der Waals surface area contributed by atoms with Crippen LogP contribution in [0.3, 0.4) is 0 Å². The summed E-state index contributed by atoms with van der Waals surface area (Å²) in [6, 6.07) is 1.90. The minimum absolute atomic E-state index is 0.951. The van der Waals surface area contributed by atoms with E-state index in [0.29, 0.717) is 0 Å². The molecule has 0 aromatic carbocycles. The van der Waals surface area contributed by atoms with Gasteiger partial charge in [-0.3, -0.25) is 0 Å². The second-order valence-electron chi connectivity index (χ2n) is 3.83. The molecule has 0 aliphatic carbocycles. The van der Waals surface area contributed by atoms with Crippen LogP contribution in [-0.4, -0.2) is 24.0 Å². The lowest BCUT2D eigenvalue weighted by molar-refractivity contribution is 0.0673. The first-order chi connectivity index (χ1) is 6.88. The van der Waals surface area contributed by atoms with Crippen molar-refractivity contribution in [3.63, 3.8) is 0 Å². The molecule has 0 saturated carbocycles. The molecule has 0 amide bonds. The standard InChI is InChI=1S/C9H17N.2C2H6/c1-10-8-4-2-5-9(10)7-3-6-8;2*1-2/h8-9H,2-7H2,1H3;2*1-2H3. The van der Waals surface area contributed by atoms with E-state index in [-0.39, 0.29) is 0 Å². The van der Waals surface area contributed by atoms with Crippen LogP contribution in [0, 0.1) is 0 Å². The Morgan fingerprint density at radius 2 is 1.00 bits per heavy atom. The van der Waals surface area contributed by atoms with Crippen molar-refractivity contribution in [2.75, 3.05) is 7.05 Å². The van der Waals surface area contributed by atoms with Gasteiger partial charge in [0.1, 0.15) is 0 Å². The summed E-state index contributed by atoms with van der Waals surface area (Å²) in [5.41, 5.74) is 0. The summed E-state index contributed by atoms with van der Waals surface area (Å²) >= 11 is 0. The second kappa shape index (κ2) is 8.28. The van der Waals surface area contributed by atoms with E-state index >= 15 is 0 Å². The molecule has 0 aromatic heterocycles. The van der Waals surface area contributed by atoms with Gasteiger partial charge in [0.2, 0.25) is 0 Å². The number of fused-ring (bicyclic) bond motifs is 2. The largest absolute Gasteiger partial charge is 0.300 e. The third-order valence-corrected chi connectivity index (χ3v) is 3.30. The third kappa shape index (κ3) is 3.61. The van der Waals surface area contributed by atoms with Gasteiger partial charge in [-0.2, -0.15) is 0 Å². The highest BCUT2D eigenvalue weighted by atomic mass is 15.2. The van der Waals surface area contributed by atoms with E-state index in [0.717, 1.165) is 12.1 Å². The molecule has 0 atom stereocenters. The smallest absolute Gasteiger partial charge is 0.00951 e. The fraction of sp³-hybridized carbons (Fsp3) is 1.00. The summed E-state index contributed by atoms with van der Waals surface area (Å²) in [7, 11) is 2.31. The first-order valence-corrected chi connectivity index (χ1v) is 6.60. The van der Waals surface area contributed by atoms with E-state index in [4.69, 9.17) is 0 Å². The molecule has 14 heavy (non-hydrogen) atoms. The zero-order chi connectivity index (χ0) is 11.0. The van der Waals surface area contributed by atoms with Gasteiger partial charge in [0.15, 0.2) is 0 Å². The molecule has 0 unspecified atom stereocenters.